The van der Waals surface area contributed by atoms with Gasteiger partial charge < -0.3 is 4.90 Å². The first-order valence-corrected chi connectivity index (χ1v) is 11.1. The molecular formula is C16H22Cl2N2O3S2. The Labute approximate surface area is 163 Å². The normalized spacial score (nSPS) is 16.9. The summed E-state index contributed by atoms with van der Waals surface area (Å²) in [6.07, 6.45) is 0. The third-order valence-corrected chi connectivity index (χ3v) is 7.88. The van der Waals surface area contributed by atoms with Crippen LogP contribution in [0.25, 0.3) is 0 Å². The number of hydrogen-bond acceptors (Lipinski definition) is 4. The van der Waals surface area contributed by atoms with Crippen LogP contribution in [0.15, 0.2) is 23.1 Å². The van der Waals surface area contributed by atoms with Gasteiger partial charge in [-0.05, 0) is 12.1 Å². The van der Waals surface area contributed by atoms with Gasteiger partial charge >= 0.3 is 0 Å². The zero-order chi connectivity index (χ0) is 18.8. The molecule has 140 valence electrons. The van der Waals surface area contributed by atoms with Crippen LogP contribution in [0.3, 0.4) is 0 Å². The highest BCUT2D eigenvalue weighted by Crippen LogP contribution is 2.31. The second-order valence-corrected chi connectivity index (χ2v) is 11.2. The quantitative estimate of drug-likeness (QED) is 0.743. The Hall–Kier alpha value is -0.470. The Bertz CT molecular complexity index is 740. The van der Waals surface area contributed by atoms with Gasteiger partial charge in [-0.15, -0.1) is 11.8 Å². The molecule has 1 aromatic carbocycles. The first-order chi connectivity index (χ1) is 11.5. The first kappa shape index (κ1) is 20.8. The average Bonchev–Trinajstić information content (AvgIpc) is 2.54. The third kappa shape index (κ3) is 5.26. The molecule has 1 aliphatic rings. The predicted octanol–water partition coefficient (Wildman–Crippen LogP) is 3.36. The molecule has 0 saturated carbocycles. The van der Waals surface area contributed by atoms with Crippen molar-refractivity contribution in [2.24, 2.45) is 0 Å². The Morgan fingerprint density at radius 2 is 1.76 bits per heavy atom. The van der Waals surface area contributed by atoms with Crippen molar-refractivity contribution >= 4 is 50.9 Å². The van der Waals surface area contributed by atoms with E-state index < -0.39 is 10.0 Å². The molecule has 1 saturated heterocycles. The van der Waals surface area contributed by atoms with Gasteiger partial charge in [0.25, 0.3) is 0 Å². The van der Waals surface area contributed by atoms with Gasteiger partial charge in [0.05, 0.1) is 15.8 Å². The number of rotatable bonds is 4. The van der Waals surface area contributed by atoms with Crippen LogP contribution in [-0.4, -0.2) is 60.2 Å². The zero-order valence-electron chi connectivity index (χ0n) is 14.5. The van der Waals surface area contributed by atoms with E-state index in [-0.39, 0.29) is 38.7 Å². The Morgan fingerprint density at radius 1 is 1.16 bits per heavy atom. The number of halogens is 2. The molecule has 1 fully saturated rings. The van der Waals surface area contributed by atoms with E-state index in [0.717, 1.165) is 0 Å². The lowest BCUT2D eigenvalue weighted by molar-refractivity contribution is -0.129. The second kappa shape index (κ2) is 8.05. The van der Waals surface area contributed by atoms with E-state index in [9.17, 15) is 13.2 Å². The largest absolute Gasteiger partial charge is 0.339 e. The van der Waals surface area contributed by atoms with Crippen LogP contribution in [0.2, 0.25) is 10.0 Å². The molecule has 1 heterocycles. The van der Waals surface area contributed by atoms with E-state index in [1.807, 2.05) is 0 Å². The van der Waals surface area contributed by atoms with Crippen molar-refractivity contribution in [3.8, 4) is 0 Å². The van der Waals surface area contributed by atoms with Crippen LogP contribution in [-0.2, 0) is 14.8 Å². The fourth-order valence-corrected chi connectivity index (χ4v) is 5.27. The minimum atomic E-state index is -3.73. The van der Waals surface area contributed by atoms with Gasteiger partial charge in [0.2, 0.25) is 15.9 Å². The fourth-order valence-electron chi connectivity index (χ4n) is 2.37. The van der Waals surface area contributed by atoms with Crippen molar-refractivity contribution in [3.63, 3.8) is 0 Å². The van der Waals surface area contributed by atoms with Crippen molar-refractivity contribution in [3.05, 3.63) is 28.2 Å². The van der Waals surface area contributed by atoms with Crippen molar-refractivity contribution in [1.82, 2.24) is 9.21 Å². The summed E-state index contributed by atoms with van der Waals surface area (Å²) in [5.74, 6) is 0.439. The standard InChI is InChI=1S/C16H22Cl2N2O3S2/c1-16(2,3)24-11-14(21)19-7-9-20(10-8-19)25(22,23)13-6-4-5-12(17)15(13)18/h4-6H,7-11H2,1-3H3. The second-order valence-electron chi connectivity index (χ2n) is 6.74. The maximum atomic E-state index is 12.8. The van der Waals surface area contributed by atoms with E-state index in [1.54, 1.807) is 28.8 Å². The van der Waals surface area contributed by atoms with E-state index in [4.69, 9.17) is 23.2 Å². The highest BCUT2D eigenvalue weighted by atomic mass is 35.5. The maximum absolute atomic E-state index is 12.8. The molecule has 9 heteroatoms. The lowest BCUT2D eigenvalue weighted by Gasteiger charge is -2.34. The molecule has 0 spiro atoms. The van der Waals surface area contributed by atoms with Gasteiger partial charge in [-0.25, -0.2) is 8.42 Å². The number of carbonyl (C=O) groups is 1. The molecule has 0 N–H and O–H groups in total. The fraction of sp³-hybridized carbons (Fsp3) is 0.562. The predicted molar refractivity (Wildman–Crippen MR) is 104 cm³/mol. The number of hydrogen-bond donors (Lipinski definition) is 0. The number of nitrogens with zero attached hydrogens (tertiary/aromatic N) is 2. The summed E-state index contributed by atoms with van der Waals surface area (Å²) in [6.45, 7) is 7.43. The summed E-state index contributed by atoms with van der Waals surface area (Å²) in [5, 5.41) is 0.236. The van der Waals surface area contributed by atoms with Gasteiger partial charge in [0.15, 0.2) is 0 Å². The van der Waals surface area contributed by atoms with E-state index in [0.29, 0.717) is 18.8 Å². The third-order valence-electron chi connectivity index (χ3n) is 3.75. The number of benzene rings is 1. The Balaban J connectivity index is 2.02. The molecule has 0 atom stereocenters. The number of carbonyl (C=O) groups excluding carboxylic acids is 1. The molecule has 1 amide bonds. The first-order valence-electron chi connectivity index (χ1n) is 7.88. The molecule has 25 heavy (non-hydrogen) atoms. The Morgan fingerprint density at radius 3 is 2.32 bits per heavy atom. The average molecular weight is 425 g/mol. The molecule has 1 aromatic rings. The van der Waals surface area contributed by atoms with Gasteiger partial charge in [-0.3, -0.25) is 4.79 Å². The van der Waals surface area contributed by atoms with Crippen LogP contribution in [0.1, 0.15) is 20.8 Å². The van der Waals surface area contributed by atoms with Gasteiger partial charge in [0, 0.05) is 30.9 Å². The number of amides is 1. The van der Waals surface area contributed by atoms with Crippen molar-refractivity contribution in [2.75, 3.05) is 31.9 Å². The smallest absolute Gasteiger partial charge is 0.244 e. The summed E-state index contributed by atoms with van der Waals surface area (Å²) in [4.78, 5) is 14.0. The zero-order valence-corrected chi connectivity index (χ0v) is 17.6. The monoisotopic (exact) mass is 424 g/mol. The minimum Gasteiger partial charge on any atom is -0.339 e. The number of piperazine rings is 1. The topological polar surface area (TPSA) is 57.7 Å². The SMILES string of the molecule is CC(C)(C)SCC(=O)N1CCN(S(=O)(=O)c2cccc(Cl)c2Cl)CC1. The molecule has 0 bridgehead atoms. The van der Waals surface area contributed by atoms with Crippen LogP contribution >= 0.6 is 35.0 Å². The van der Waals surface area contributed by atoms with Crippen molar-refractivity contribution in [1.29, 1.82) is 0 Å². The van der Waals surface area contributed by atoms with E-state index in [2.05, 4.69) is 20.8 Å². The lowest BCUT2D eigenvalue weighted by atomic mass is 10.3. The molecule has 5 nitrogen and oxygen atoms in total. The lowest BCUT2D eigenvalue weighted by Crippen LogP contribution is -2.51. The van der Waals surface area contributed by atoms with Crippen LogP contribution in [0.4, 0.5) is 0 Å². The van der Waals surface area contributed by atoms with Crippen LogP contribution in [0.5, 0.6) is 0 Å². The summed E-state index contributed by atoms with van der Waals surface area (Å²) in [5.41, 5.74) is 0. The van der Waals surface area contributed by atoms with Gasteiger partial charge in [0.1, 0.15) is 4.90 Å². The molecule has 0 aliphatic carbocycles. The van der Waals surface area contributed by atoms with Gasteiger partial charge in [-0.1, -0.05) is 50.0 Å². The van der Waals surface area contributed by atoms with E-state index >= 15 is 0 Å². The summed E-state index contributed by atoms with van der Waals surface area (Å²) < 4.78 is 26.9. The number of thioether (sulfide) groups is 1. The summed E-state index contributed by atoms with van der Waals surface area (Å²) >= 11 is 13.6. The molecule has 0 radical (unpaired) electrons. The molecular weight excluding hydrogens is 403 g/mol. The molecule has 0 aromatic heterocycles. The van der Waals surface area contributed by atoms with E-state index in [1.165, 1.54) is 10.4 Å². The molecule has 2 rings (SSSR count). The van der Waals surface area contributed by atoms with Crippen molar-refractivity contribution < 1.29 is 13.2 Å². The maximum Gasteiger partial charge on any atom is 0.244 e. The highest BCUT2D eigenvalue weighted by molar-refractivity contribution is 8.01. The summed E-state index contributed by atoms with van der Waals surface area (Å²) in [7, 11) is -3.73. The Kier molecular flexibility index (Phi) is 6.71. The van der Waals surface area contributed by atoms with Crippen LogP contribution in [0, 0.1) is 0 Å². The molecule has 1 aliphatic heterocycles. The minimum absolute atomic E-state index is 0.00438. The summed E-state index contributed by atoms with van der Waals surface area (Å²) in [6, 6.07) is 4.55. The highest BCUT2D eigenvalue weighted by Gasteiger charge is 2.32. The molecule has 0 unspecified atom stereocenters. The number of sulfonamides is 1. The van der Waals surface area contributed by atoms with Crippen LogP contribution < -0.4 is 0 Å². The van der Waals surface area contributed by atoms with Crippen molar-refractivity contribution in [2.45, 2.75) is 30.4 Å². The van der Waals surface area contributed by atoms with Gasteiger partial charge in [-0.2, -0.15) is 4.31 Å².